The van der Waals surface area contributed by atoms with Gasteiger partial charge in [-0.1, -0.05) is 0 Å². The first-order valence-electron chi connectivity index (χ1n) is 5.72. The van der Waals surface area contributed by atoms with Crippen LogP contribution in [-0.4, -0.2) is 24.5 Å². The second-order valence-electron chi connectivity index (χ2n) is 4.61. The van der Waals surface area contributed by atoms with E-state index >= 15 is 0 Å². The lowest BCUT2D eigenvalue weighted by Gasteiger charge is -2.24. The minimum Gasteiger partial charge on any atom is -0.469 e. The van der Waals surface area contributed by atoms with Crippen molar-refractivity contribution in [3.05, 3.63) is 24.2 Å². The smallest absolute Gasteiger partial charge is 0.220 e. The van der Waals surface area contributed by atoms with Crippen LogP contribution in [0.1, 0.15) is 25.5 Å². The summed E-state index contributed by atoms with van der Waals surface area (Å²) in [5, 5.41) is 6.33. The highest BCUT2D eigenvalue weighted by Crippen LogP contribution is 2.13. The van der Waals surface area contributed by atoms with Gasteiger partial charge in [0, 0.05) is 19.4 Å². The number of hydrogen-bond donors (Lipinski definition) is 2. The molecule has 1 saturated heterocycles. The molecule has 1 fully saturated rings. The molecule has 1 unspecified atom stereocenters. The first-order valence-corrected chi connectivity index (χ1v) is 5.72. The predicted octanol–water partition coefficient (Wildman–Crippen LogP) is 1.08. The highest BCUT2D eigenvalue weighted by atomic mass is 16.3. The summed E-state index contributed by atoms with van der Waals surface area (Å²) in [6, 6.07) is 3.74. The zero-order valence-corrected chi connectivity index (χ0v) is 9.58. The maximum Gasteiger partial charge on any atom is 0.220 e. The third-order valence-corrected chi connectivity index (χ3v) is 2.99. The van der Waals surface area contributed by atoms with Gasteiger partial charge >= 0.3 is 0 Å². The van der Waals surface area contributed by atoms with Crippen LogP contribution in [-0.2, 0) is 11.2 Å². The number of aryl methyl sites for hydroxylation is 1. The van der Waals surface area contributed by atoms with Gasteiger partial charge in [-0.2, -0.15) is 0 Å². The van der Waals surface area contributed by atoms with E-state index in [2.05, 4.69) is 17.6 Å². The van der Waals surface area contributed by atoms with Crippen molar-refractivity contribution in [3.63, 3.8) is 0 Å². The molecule has 4 heteroatoms. The molecule has 2 rings (SSSR count). The van der Waals surface area contributed by atoms with Crippen molar-refractivity contribution < 1.29 is 9.21 Å². The monoisotopic (exact) mass is 222 g/mol. The van der Waals surface area contributed by atoms with Gasteiger partial charge < -0.3 is 15.1 Å². The van der Waals surface area contributed by atoms with E-state index in [1.54, 1.807) is 6.26 Å². The van der Waals surface area contributed by atoms with Crippen molar-refractivity contribution in [2.45, 2.75) is 31.7 Å². The molecule has 1 aliphatic heterocycles. The third-order valence-electron chi connectivity index (χ3n) is 2.99. The lowest BCUT2D eigenvalue weighted by Crippen LogP contribution is -2.47. The Hall–Kier alpha value is -1.29. The average molecular weight is 222 g/mol. The van der Waals surface area contributed by atoms with Crippen molar-refractivity contribution in [2.75, 3.05) is 13.1 Å². The summed E-state index contributed by atoms with van der Waals surface area (Å²) in [4.78, 5) is 11.7. The fraction of sp³-hybridized carbons (Fsp3) is 0.583. The summed E-state index contributed by atoms with van der Waals surface area (Å²) in [7, 11) is 0. The van der Waals surface area contributed by atoms with Crippen LogP contribution in [0.3, 0.4) is 0 Å². The van der Waals surface area contributed by atoms with Crippen LogP contribution in [0.5, 0.6) is 0 Å². The van der Waals surface area contributed by atoms with Gasteiger partial charge in [-0.05, 0) is 32.0 Å². The van der Waals surface area contributed by atoms with Crippen LogP contribution in [0, 0.1) is 0 Å². The molecule has 1 atom stereocenters. The third kappa shape index (κ3) is 2.85. The zero-order valence-electron chi connectivity index (χ0n) is 9.58. The molecule has 1 aromatic heterocycles. The molecular formula is C12H18N2O2. The van der Waals surface area contributed by atoms with Crippen LogP contribution < -0.4 is 10.6 Å². The van der Waals surface area contributed by atoms with Crippen molar-refractivity contribution >= 4 is 5.91 Å². The second kappa shape index (κ2) is 4.70. The van der Waals surface area contributed by atoms with Crippen molar-refractivity contribution in [1.29, 1.82) is 0 Å². The molecule has 0 saturated carbocycles. The van der Waals surface area contributed by atoms with Crippen molar-refractivity contribution in [2.24, 2.45) is 0 Å². The van der Waals surface area contributed by atoms with Gasteiger partial charge in [0.15, 0.2) is 0 Å². The molecule has 4 nitrogen and oxygen atoms in total. The topological polar surface area (TPSA) is 54.3 Å². The standard InChI is InChI=1S/C12H18N2O2/c1-12(6-7-13-9-12)14-11(15)5-4-10-3-2-8-16-10/h2-3,8,13H,4-7,9H2,1H3,(H,14,15). The highest BCUT2D eigenvalue weighted by molar-refractivity contribution is 5.77. The minimum absolute atomic E-state index is 0.0692. The molecule has 2 heterocycles. The Morgan fingerprint density at radius 3 is 3.19 bits per heavy atom. The molecule has 0 spiro atoms. The van der Waals surface area contributed by atoms with Gasteiger partial charge in [-0.15, -0.1) is 0 Å². The van der Waals surface area contributed by atoms with Crippen molar-refractivity contribution in [3.8, 4) is 0 Å². The fourth-order valence-electron chi connectivity index (χ4n) is 2.01. The van der Waals surface area contributed by atoms with Gasteiger partial charge in [0.2, 0.25) is 5.91 Å². The van der Waals surface area contributed by atoms with Gasteiger partial charge in [0.05, 0.1) is 11.8 Å². The molecule has 0 aromatic carbocycles. The Kier molecular flexibility index (Phi) is 3.29. The number of nitrogens with one attached hydrogen (secondary N) is 2. The van der Waals surface area contributed by atoms with E-state index in [4.69, 9.17) is 4.42 Å². The Morgan fingerprint density at radius 1 is 1.69 bits per heavy atom. The second-order valence-corrected chi connectivity index (χ2v) is 4.61. The van der Waals surface area contributed by atoms with E-state index in [-0.39, 0.29) is 11.4 Å². The van der Waals surface area contributed by atoms with E-state index in [0.717, 1.165) is 25.3 Å². The first-order chi connectivity index (χ1) is 7.68. The van der Waals surface area contributed by atoms with Gasteiger partial charge in [0.25, 0.3) is 0 Å². The molecule has 1 aliphatic rings. The molecule has 0 bridgehead atoms. The summed E-state index contributed by atoms with van der Waals surface area (Å²) >= 11 is 0. The van der Waals surface area contributed by atoms with Crippen LogP contribution in [0.4, 0.5) is 0 Å². The molecule has 0 radical (unpaired) electrons. The van der Waals surface area contributed by atoms with E-state index in [1.807, 2.05) is 12.1 Å². The number of hydrogen-bond acceptors (Lipinski definition) is 3. The van der Waals surface area contributed by atoms with Gasteiger partial charge in [-0.3, -0.25) is 4.79 Å². The van der Waals surface area contributed by atoms with Gasteiger partial charge in [-0.25, -0.2) is 0 Å². The maximum absolute atomic E-state index is 11.7. The normalized spacial score (nSPS) is 24.6. The summed E-state index contributed by atoms with van der Waals surface area (Å²) in [6.07, 6.45) is 3.79. The molecular weight excluding hydrogens is 204 g/mol. The van der Waals surface area contributed by atoms with E-state index in [9.17, 15) is 4.79 Å². The average Bonchev–Trinajstić information content (AvgIpc) is 2.86. The summed E-state index contributed by atoms with van der Waals surface area (Å²) in [6.45, 7) is 3.92. The molecule has 0 aliphatic carbocycles. The highest BCUT2D eigenvalue weighted by Gasteiger charge is 2.29. The number of furan rings is 1. The Labute approximate surface area is 95.4 Å². The summed E-state index contributed by atoms with van der Waals surface area (Å²) < 4.78 is 5.19. The summed E-state index contributed by atoms with van der Waals surface area (Å²) in [5.41, 5.74) is -0.0692. The van der Waals surface area contributed by atoms with Crippen LogP contribution in [0.25, 0.3) is 0 Å². The first kappa shape index (κ1) is 11.2. The molecule has 88 valence electrons. The van der Waals surface area contributed by atoms with Crippen LogP contribution in [0.2, 0.25) is 0 Å². The van der Waals surface area contributed by atoms with Gasteiger partial charge in [0.1, 0.15) is 5.76 Å². The number of carbonyl (C=O) groups is 1. The lowest BCUT2D eigenvalue weighted by molar-refractivity contribution is -0.122. The predicted molar refractivity (Wildman–Crippen MR) is 61.1 cm³/mol. The fourth-order valence-corrected chi connectivity index (χ4v) is 2.01. The largest absolute Gasteiger partial charge is 0.469 e. The molecule has 16 heavy (non-hydrogen) atoms. The van der Waals surface area contributed by atoms with Crippen LogP contribution in [0.15, 0.2) is 22.8 Å². The van der Waals surface area contributed by atoms with E-state index in [1.165, 1.54) is 0 Å². The zero-order chi connectivity index (χ0) is 11.4. The molecule has 1 amide bonds. The number of carbonyl (C=O) groups excluding carboxylic acids is 1. The van der Waals surface area contributed by atoms with Crippen molar-refractivity contribution in [1.82, 2.24) is 10.6 Å². The number of amides is 1. The van der Waals surface area contributed by atoms with E-state index in [0.29, 0.717) is 12.8 Å². The lowest BCUT2D eigenvalue weighted by atomic mass is 10.0. The minimum atomic E-state index is -0.0692. The van der Waals surface area contributed by atoms with Crippen LogP contribution >= 0.6 is 0 Å². The van der Waals surface area contributed by atoms with E-state index < -0.39 is 0 Å². The Balaban J connectivity index is 1.76. The quantitative estimate of drug-likeness (QED) is 0.801. The SMILES string of the molecule is CC1(NC(=O)CCc2ccco2)CCNC1. The molecule has 2 N–H and O–H groups in total. The maximum atomic E-state index is 11.7. The Bertz CT molecular complexity index is 340. The Morgan fingerprint density at radius 2 is 2.56 bits per heavy atom. The number of rotatable bonds is 4. The summed E-state index contributed by atoms with van der Waals surface area (Å²) in [5.74, 6) is 0.965. The molecule has 1 aromatic rings.